The predicted octanol–water partition coefficient (Wildman–Crippen LogP) is 4.67. The number of fused-ring (bicyclic) bond motifs is 2. The van der Waals surface area contributed by atoms with E-state index in [4.69, 9.17) is 0 Å². The summed E-state index contributed by atoms with van der Waals surface area (Å²) in [5.41, 5.74) is 4.63. The number of aryl methyl sites for hydroxylation is 1. The quantitative estimate of drug-likeness (QED) is 0.762. The van der Waals surface area contributed by atoms with E-state index in [2.05, 4.69) is 36.9 Å². The van der Waals surface area contributed by atoms with Crippen LogP contribution in [0.2, 0.25) is 0 Å². The molecule has 0 N–H and O–H groups in total. The van der Waals surface area contributed by atoms with Gasteiger partial charge in [-0.25, -0.2) is 0 Å². The van der Waals surface area contributed by atoms with Gasteiger partial charge in [0.15, 0.2) is 0 Å². The maximum Gasteiger partial charge on any atom is 0.0126 e. The molecule has 1 saturated heterocycles. The Morgan fingerprint density at radius 2 is 1.76 bits per heavy atom. The molecule has 3 atom stereocenters. The number of piperidine rings is 1. The zero-order valence-corrected chi connectivity index (χ0v) is 13.6. The summed E-state index contributed by atoms with van der Waals surface area (Å²) in [6, 6.07) is 7.83. The largest absolute Gasteiger partial charge is 0.300 e. The second-order valence-corrected chi connectivity index (χ2v) is 7.84. The van der Waals surface area contributed by atoms with Crippen LogP contribution in [0.3, 0.4) is 0 Å². The standard InChI is InChI=1S/C20H29N/c1-14-4-3-5-19(15(14)2)17-8-10-21(11-9-17)20-13-16-6-7-18(20)12-16/h3-5,16-18,20H,6-13H2,1-2H3/t16-,18-,20-/m0/s1. The van der Waals surface area contributed by atoms with Gasteiger partial charge in [0.1, 0.15) is 0 Å². The van der Waals surface area contributed by atoms with Crippen molar-refractivity contribution in [1.82, 2.24) is 4.90 Å². The van der Waals surface area contributed by atoms with Crippen LogP contribution in [0.25, 0.3) is 0 Å². The minimum Gasteiger partial charge on any atom is -0.300 e. The maximum absolute atomic E-state index is 2.85. The molecule has 1 aromatic rings. The van der Waals surface area contributed by atoms with Crippen LogP contribution in [0.5, 0.6) is 0 Å². The fourth-order valence-corrected chi connectivity index (χ4v) is 5.42. The lowest BCUT2D eigenvalue weighted by Gasteiger charge is -2.40. The van der Waals surface area contributed by atoms with Gasteiger partial charge in [0, 0.05) is 6.04 Å². The van der Waals surface area contributed by atoms with Gasteiger partial charge in [-0.15, -0.1) is 0 Å². The first-order valence-corrected chi connectivity index (χ1v) is 9.02. The first-order chi connectivity index (χ1) is 10.2. The van der Waals surface area contributed by atoms with Crippen LogP contribution in [-0.2, 0) is 0 Å². The van der Waals surface area contributed by atoms with E-state index in [1.165, 1.54) is 56.3 Å². The monoisotopic (exact) mass is 283 g/mol. The van der Waals surface area contributed by atoms with E-state index in [9.17, 15) is 0 Å². The van der Waals surface area contributed by atoms with Crippen LogP contribution >= 0.6 is 0 Å². The van der Waals surface area contributed by atoms with Crippen molar-refractivity contribution in [3.63, 3.8) is 0 Å². The number of likely N-dealkylation sites (tertiary alicyclic amines) is 1. The first kappa shape index (κ1) is 13.8. The van der Waals surface area contributed by atoms with E-state index in [1.807, 2.05) is 0 Å². The molecule has 0 amide bonds. The summed E-state index contributed by atoms with van der Waals surface area (Å²) in [4.78, 5) is 2.85. The molecule has 3 fully saturated rings. The molecular formula is C20H29N. The highest BCUT2D eigenvalue weighted by Gasteiger charge is 2.42. The van der Waals surface area contributed by atoms with Crippen molar-refractivity contribution in [2.75, 3.05) is 13.1 Å². The average Bonchev–Trinajstić information content (AvgIpc) is 3.13. The van der Waals surface area contributed by atoms with E-state index in [0.717, 1.165) is 23.8 Å². The van der Waals surface area contributed by atoms with Crippen molar-refractivity contribution in [2.45, 2.75) is 64.3 Å². The summed E-state index contributed by atoms with van der Waals surface area (Å²) >= 11 is 0. The van der Waals surface area contributed by atoms with Crippen molar-refractivity contribution in [3.05, 3.63) is 34.9 Å². The summed E-state index contributed by atoms with van der Waals surface area (Å²) < 4.78 is 0. The van der Waals surface area contributed by atoms with Crippen molar-refractivity contribution < 1.29 is 0 Å². The molecule has 2 bridgehead atoms. The lowest BCUT2D eigenvalue weighted by Crippen LogP contribution is -2.43. The number of benzene rings is 1. The summed E-state index contributed by atoms with van der Waals surface area (Å²) in [5, 5.41) is 0. The van der Waals surface area contributed by atoms with Gasteiger partial charge in [-0.05, 0) is 93.5 Å². The van der Waals surface area contributed by atoms with Crippen LogP contribution in [-0.4, -0.2) is 24.0 Å². The van der Waals surface area contributed by atoms with E-state index in [1.54, 1.807) is 12.0 Å². The molecule has 114 valence electrons. The zero-order valence-electron chi connectivity index (χ0n) is 13.6. The number of hydrogen-bond acceptors (Lipinski definition) is 1. The van der Waals surface area contributed by atoms with Crippen LogP contribution in [0.15, 0.2) is 18.2 Å². The second kappa shape index (κ2) is 5.43. The zero-order chi connectivity index (χ0) is 14.4. The molecule has 2 saturated carbocycles. The van der Waals surface area contributed by atoms with Crippen LogP contribution in [0.4, 0.5) is 0 Å². The van der Waals surface area contributed by atoms with Crippen molar-refractivity contribution in [1.29, 1.82) is 0 Å². The molecule has 0 spiro atoms. The molecule has 0 radical (unpaired) electrons. The third-order valence-electron chi connectivity index (χ3n) is 6.79. The molecule has 4 rings (SSSR count). The van der Waals surface area contributed by atoms with Gasteiger partial charge >= 0.3 is 0 Å². The van der Waals surface area contributed by atoms with Gasteiger partial charge < -0.3 is 4.90 Å². The van der Waals surface area contributed by atoms with Crippen LogP contribution in [0, 0.1) is 25.7 Å². The summed E-state index contributed by atoms with van der Waals surface area (Å²) in [7, 11) is 0. The van der Waals surface area contributed by atoms with E-state index in [0.29, 0.717) is 0 Å². The van der Waals surface area contributed by atoms with Crippen molar-refractivity contribution in [2.24, 2.45) is 11.8 Å². The molecule has 0 aromatic heterocycles. The second-order valence-electron chi connectivity index (χ2n) is 7.84. The van der Waals surface area contributed by atoms with Gasteiger partial charge in [-0.1, -0.05) is 24.6 Å². The van der Waals surface area contributed by atoms with E-state index >= 15 is 0 Å². The molecule has 3 aliphatic rings. The Morgan fingerprint density at radius 3 is 2.43 bits per heavy atom. The van der Waals surface area contributed by atoms with E-state index < -0.39 is 0 Å². The third kappa shape index (κ3) is 2.44. The molecule has 0 unspecified atom stereocenters. The SMILES string of the molecule is Cc1cccc(C2CCN([C@H]3C[C@H]4CC[C@H]3C4)CC2)c1C. The van der Waals surface area contributed by atoms with Gasteiger partial charge in [-0.3, -0.25) is 0 Å². The minimum absolute atomic E-state index is 0.805. The molecule has 1 aromatic carbocycles. The van der Waals surface area contributed by atoms with Crippen molar-refractivity contribution >= 4 is 0 Å². The highest BCUT2D eigenvalue weighted by molar-refractivity contribution is 5.35. The molecule has 1 heterocycles. The highest BCUT2D eigenvalue weighted by Crippen LogP contribution is 2.47. The van der Waals surface area contributed by atoms with Crippen LogP contribution < -0.4 is 0 Å². The third-order valence-corrected chi connectivity index (χ3v) is 6.79. The topological polar surface area (TPSA) is 3.24 Å². The summed E-state index contributed by atoms with van der Waals surface area (Å²) in [6.07, 6.45) is 8.85. The molecule has 21 heavy (non-hydrogen) atoms. The van der Waals surface area contributed by atoms with Gasteiger partial charge in [0.05, 0.1) is 0 Å². The molecule has 2 aliphatic carbocycles. The normalized spacial score (nSPS) is 33.7. The molecule has 1 heteroatoms. The summed E-state index contributed by atoms with van der Waals surface area (Å²) in [5.74, 6) is 2.93. The van der Waals surface area contributed by atoms with E-state index in [-0.39, 0.29) is 0 Å². The Kier molecular flexibility index (Phi) is 3.57. The number of rotatable bonds is 2. The van der Waals surface area contributed by atoms with Gasteiger partial charge in [-0.2, -0.15) is 0 Å². The van der Waals surface area contributed by atoms with Gasteiger partial charge in [0.25, 0.3) is 0 Å². The smallest absolute Gasteiger partial charge is 0.0126 e. The maximum atomic E-state index is 2.85. The van der Waals surface area contributed by atoms with Crippen molar-refractivity contribution in [3.8, 4) is 0 Å². The Bertz CT molecular complexity index is 513. The van der Waals surface area contributed by atoms with Gasteiger partial charge in [0.2, 0.25) is 0 Å². The highest BCUT2D eigenvalue weighted by atomic mass is 15.2. The lowest BCUT2D eigenvalue weighted by atomic mass is 9.84. The Balaban J connectivity index is 1.42. The average molecular weight is 283 g/mol. The fourth-order valence-electron chi connectivity index (χ4n) is 5.42. The molecular weight excluding hydrogens is 254 g/mol. The Labute approximate surface area is 129 Å². The molecule has 1 aliphatic heterocycles. The number of nitrogens with zero attached hydrogens (tertiary/aromatic N) is 1. The summed E-state index contributed by atoms with van der Waals surface area (Å²) in [6.45, 7) is 7.24. The fraction of sp³-hybridized carbons (Fsp3) is 0.700. The minimum atomic E-state index is 0.805. The lowest BCUT2D eigenvalue weighted by molar-refractivity contribution is 0.110. The number of hydrogen-bond donors (Lipinski definition) is 0. The molecule has 1 nitrogen and oxygen atoms in total. The Morgan fingerprint density at radius 1 is 0.952 bits per heavy atom. The Hall–Kier alpha value is -0.820. The first-order valence-electron chi connectivity index (χ1n) is 9.02. The van der Waals surface area contributed by atoms with Crippen LogP contribution in [0.1, 0.15) is 61.1 Å². The predicted molar refractivity (Wildman–Crippen MR) is 88.7 cm³/mol.